The van der Waals surface area contributed by atoms with Crippen LogP contribution >= 0.6 is 0 Å². The van der Waals surface area contributed by atoms with Crippen LogP contribution in [0.15, 0.2) is 30.3 Å². The maximum absolute atomic E-state index is 11.9. The average Bonchev–Trinajstić information content (AvgIpc) is 2.54. The number of aliphatic hydroxyl groups excluding tert-OH is 2. The smallest absolute Gasteiger partial charge is 0.407 e. The van der Waals surface area contributed by atoms with E-state index in [4.69, 9.17) is 9.47 Å². The molecule has 0 radical (unpaired) electrons. The summed E-state index contributed by atoms with van der Waals surface area (Å²) in [5, 5.41) is 22.7. The number of alkyl carbamates (subject to hydrolysis) is 1. The molecule has 0 spiro atoms. The van der Waals surface area contributed by atoms with E-state index in [0.717, 1.165) is 5.56 Å². The summed E-state index contributed by atoms with van der Waals surface area (Å²) < 4.78 is 10.4. The number of rotatable bonds is 4. The summed E-state index contributed by atoms with van der Waals surface area (Å²) in [4.78, 5) is 11.9. The fourth-order valence-corrected chi connectivity index (χ4v) is 2.60. The van der Waals surface area contributed by atoms with Crippen LogP contribution in [0.4, 0.5) is 4.79 Å². The molecular weight excluding hydrogens is 286 g/mol. The maximum Gasteiger partial charge on any atom is 0.407 e. The molecule has 2 rings (SSSR count). The van der Waals surface area contributed by atoms with E-state index >= 15 is 0 Å². The second-order valence-electron chi connectivity index (χ2n) is 5.55. The van der Waals surface area contributed by atoms with Crippen LogP contribution in [0.25, 0.3) is 0 Å². The van der Waals surface area contributed by atoms with E-state index < -0.39 is 30.6 Å². The van der Waals surface area contributed by atoms with Crippen molar-refractivity contribution in [3.05, 3.63) is 35.9 Å². The number of carbonyl (C=O) groups is 1. The number of hydrogen-bond donors (Lipinski definition) is 3. The molecule has 1 aromatic rings. The van der Waals surface area contributed by atoms with Crippen molar-refractivity contribution in [2.24, 2.45) is 5.92 Å². The zero-order valence-corrected chi connectivity index (χ0v) is 12.8. The Morgan fingerprint density at radius 3 is 2.64 bits per heavy atom. The van der Waals surface area contributed by atoms with Crippen LogP contribution in [0.3, 0.4) is 0 Å². The second-order valence-corrected chi connectivity index (χ2v) is 5.55. The van der Waals surface area contributed by atoms with Crippen molar-refractivity contribution >= 4 is 6.09 Å². The van der Waals surface area contributed by atoms with Gasteiger partial charge in [0.1, 0.15) is 6.61 Å². The van der Waals surface area contributed by atoms with E-state index in [2.05, 4.69) is 5.32 Å². The van der Waals surface area contributed by atoms with E-state index in [0.29, 0.717) is 6.42 Å². The van der Waals surface area contributed by atoms with E-state index in [1.807, 2.05) is 37.3 Å². The number of benzene rings is 1. The lowest BCUT2D eigenvalue weighted by molar-refractivity contribution is -0.230. The predicted molar refractivity (Wildman–Crippen MR) is 79.9 cm³/mol. The molecule has 5 atom stereocenters. The summed E-state index contributed by atoms with van der Waals surface area (Å²) in [5.41, 5.74) is 0.872. The highest BCUT2D eigenvalue weighted by Crippen LogP contribution is 2.26. The quantitative estimate of drug-likeness (QED) is 0.782. The molecule has 6 heteroatoms. The van der Waals surface area contributed by atoms with Gasteiger partial charge in [0.15, 0.2) is 6.29 Å². The normalized spacial score (nSPS) is 31.5. The number of aliphatic hydroxyl groups is 2. The van der Waals surface area contributed by atoms with Crippen molar-refractivity contribution in [3.8, 4) is 0 Å². The summed E-state index contributed by atoms with van der Waals surface area (Å²) in [5.74, 6) is -0.335. The highest BCUT2D eigenvalue weighted by molar-refractivity contribution is 5.67. The van der Waals surface area contributed by atoms with Crippen molar-refractivity contribution in [1.29, 1.82) is 0 Å². The van der Waals surface area contributed by atoms with E-state index in [1.54, 1.807) is 6.92 Å². The van der Waals surface area contributed by atoms with Gasteiger partial charge >= 0.3 is 6.09 Å². The number of hydrogen-bond acceptors (Lipinski definition) is 5. The van der Waals surface area contributed by atoms with Crippen LogP contribution in [0.5, 0.6) is 0 Å². The molecular formula is C16H23NO5. The third kappa shape index (κ3) is 3.97. The van der Waals surface area contributed by atoms with Crippen LogP contribution in [0.1, 0.15) is 25.8 Å². The first kappa shape index (κ1) is 16.7. The molecule has 1 saturated heterocycles. The van der Waals surface area contributed by atoms with Crippen molar-refractivity contribution in [2.45, 2.75) is 51.4 Å². The molecule has 1 aliphatic rings. The van der Waals surface area contributed by atoms with Crippen molar-refractivity contribution in [3.63, 3.8) is 0 Å². The number of carbonyl (C=O) groups excluding carboxylic acids is 1. The molecule has 5 unspecified atom stereocenters. The highest BCUT2D eigenvalue weighted by Gasteiger charge is 2.42. The van der Waals surface area contributed by atoms with Crippen LogP contribution in [-0.4, -0.2) is 40.8 Å². The number of ether oxygens (including phenoxy) is 2. The van der Waals surface area contributed by atoms with Crippen LogP contribution in [0.2, 0.25) is 0 Å². The molecule has 22 heavy (non-hydrogen) atoms. The molecule has 0 aliphatic carbocycles. The Balaban J connectivity index is 1.87. The minimum atomic E-state index is -1.16. The Bertz CT molecular complexity index is 481. The Labute approximate surface area is 130 Å². The van der Waals surface area contributed by atoms with E-state index in [9.17, 15) is 15.0 Å². The molecule has 1 fully saturated rings. The molecule has 1 heterocycles. The van der Waals surface area contributed by atoms with Gasteiger partial charge in [0.05, 0.1) is 18.2 Å². The van der Waals surface area contributed by atoms with Crippen molar-refractivity contribution in [1.82, 2.24) is 5.32 Å². The van der Waals surface area contributed by atoms with Crippen molar-refractivity contribution in [2.75, 3.05) is 0 Å². The number of amides is 1. The van der Waals surface area contributed by atoms with Gasteiger partial charge in [0.25, 0.3) is 0 Å². The third-order valence-corrected chi connectivity index (χ3v) is 4.01. The molecule has 0 saturated carbocycles. The summed E-state index contributed by atoms with van der Waals surface area (Å²) in [6, 6.07) is 8.60. The Hall–Kier alpha value is -1.63. The van der Waals surface area contributed by atoms with Crippen LogP contribution < -0.4 is 5.32 Å². The van der Waals surface area contributed by atoms with Gasteiger partial charge in [-0.1, -0.05) is 44.2 Å². The molecule has 1 aromatic carbocycles. The zero-order valence-electron chi connectivity index (χ0n) is 12.8. The lowest BCUT2D eigenvalue weighted by atomic mass is 9.88. The SMILES string of the molecule is CCC1OC(O)C(NC(=O)OCc2ccccc2)C(C)C1O. The minimum absolute atomic E-state index is 0.144. The van der Waals surface area contributed by atoms with Gasteiger partial charge in [-0.2, -0.15) is 0 Å². The summed E-state index contributed by atoms with van der Waals surface area (Å²) in [6.07, 6.45) is -2.39. The summed E-state index contributed by atoms with van der Waals surface area (Å²) in [7, 11) is 0. The van der Waals surface area contributed by atoms with Gasteiger partial charge in [0.2, 0.25) is 0 Å². The second kappa shape index (κ2) is 7.58. The topological polar surface area (TPSA) is 88.0 Å². The van der Waals surface area contributed by atoms with Gasteiger partial charge in [-0.25, -0.2) is 4.79 Å². The van der Waals surface area contributed by atoms with E-state index in [1.165, 1.54) is 0 Å². The third-order valence-electron chi connectivity index (χ3n) is 4.01. The predicted octanol–water partition coefficient (Wildman–Crippen LogP) is 1.41. The Kier molecular flexibility index (Phi) is 5.76. The summed E-state index contributed by atoms with van der Waals surface area (Å²) >= 11 is 0. The summed E-state index contributed by atoms with van der Waals surface area (Å²) in [6.45, 7) is 3.78. The molecule has 6 nitrogen and oxygen atoms in total. The molecule has 122 valence electrons. The first-order valence-electron chi connectivity index (χ1n) is 7.51. The van der Waals surface area contributed by atoms with Gasteiger partial charge in [-0.05, 0) is 12.0 Å². The monoisotopic (exact) mass is 309 g/mol. The average molecular weight is 309 g/mol. The van der Waals surface area contributed by atoms with Crippen LogP contribution in [-0.2, 0) is 16.1 Å². The van der Waals surface area contributed by atoms with Gasteiger partial charge < -0.3 is 25.0 Å². The van der Waals surface area contributed by atoms with Gasteiger partial charge in [0, 0.05) is 5.92 Å². The van der Waals surface area contributed by atoms with Crippen LogP contribution in [0, 0.1) is 5.92 Å². The molecule has 1 aliphatic heterocycles. The maximum atomic E-state index is 11.9. The lowest BCUT2D eigenvalue weighted by Crippen LogP contribution is -2.59. The van der Waals surface area contributed by atoms with Gasteiger partial charge in [-0.3, -0.25) is 0 Å². The lowest BCUT2D eigenvalue weighted by Gasteiger charge is -2.41. The minimum Gasteiger partial charge on any atom is -0.445 e. The Morgan fingerprint density at radius 1 is 1.32 bits per heavy atom. The fourth-order valence-electron chi connectivity index (χ4n) is 2.60. The first-order chi connectivity index (χ1) is 10.5. The molecule has 0 aromatic heterocycles. The van der Waals surface area contributed by atoms with Crippen molar-refractivity contribution < 1.29 is 24.5 Å². The molecule has 3 N–H and O–H groups in total. The molecule has 1 amide bonds. The van der Waals surface area contributed by atoms with E-state index in [-0.39, 0.29) is 12.5 Å². The fraction of sp³-hybridized carbons (Fsp3) is 0.562. The largest absolute Gasteiger partial charge is 0.445 e. The van der Waals surface area contributed by atoms with Gasteiger partial charge in [-0.15, -0.1) is 0 Å². The highest BCUT2D eigenvalue weighted by atomic mass is 16.6. The number of nitrogens with one attached hydrogen (secondary N) is 1. The molecule has 0 bridgehead atoms. The first-order valence-corrected chi connectivity index (χ1v) is 7.51. The standard InChI is InChI=1S/C16H23NO5/c1-3-12-14(18)10(2)13(15(19)22-12)17-16(20)21-9-11-7-5-4-6-8-11/h4-8,10,12-15,18-19H,3,9H2,1-2H3,(H,17,20). The zero-order chi connectivity index (χ0) is 16.1. The Morgan fingerprint density at radius 2 is 2.00 bits per heavy atom.